The summed E-state index contributed by atoms with van der Waals surface area (Å²) in [5.41, 5.74) is -0.591. The highest BCUT2D eigenvalue weighted by Crippen LogP contribution is 2.44. The summed E-state index contributed by atoms with van der Waals surface area (Å²) in [5.74, 6) is -0.130. The van der Waals surface area contributed by atoms with E-state index in [9.17, 15) is 9.59 Å². The normalized spacial score (nSPS) is 28.5. The van der Waals surface area contributed by atoms with Gasteiger partial charge < -0.3 is 9.47 Å². The monoisotopic (exact) mass is 279 g/mol. The standard InChI is InChI=1S/C13H10ClNO4/c1-18-9-4-2-8(3-5-9)15-12(17)11(14)13(15)7-6-10(16)19-13/h2-7,11H,1H3/t11-,13+/m0/s1. The lowest BCUT2D eigenvalue weighted by Gasteiger charge is -2.50. The summed E-state index contributed by atoms with van der Waals surface area (Å²) in [7, 11) is 1.56. The highest BCUT2D eigenvalue weighted by molar-refractivity contribution is 6.38. The molecule has 19 heavy (non-hydrogen) atoms. The Balaban J connectivity index is 1.96. The predicted molar refractivity (Wildman–Crippen MR) is 68.1 cm³/mol. The lowest BCUT2D eigenvalue weighted by Crippen LogP contribution is -2.72. The Labute approximate surface area is 114 Å². The summed E-state index contributed by atoms with van der Waals surface area (Å²) < 4.78 is 10.2. The highest BCUT2D eigenvalue weighted by atomic mass is 35.5. The third-order valence-electron chi connectivity index (χ3n) is 3.20. The molecule has 1 saturated heterocycles. The molecule has 1 spiro atoms. The maximum Gasteiger partial charge on any atom is 0.333 e. The van der Waals surface area contributed by atoms with Crippen molar-refractivity contribution in [3.63, 3.8) is 0 Å². The van der Waals surface area contributed by atoms with Gasteiger partial charge in [-0.3, -0.25) is 9.69 Å². The van der Waals surface area contributed by atoms with Crippen LogP contribution in [0.25, 0.3) is 0 Å². The van der Waals surface area contributed by atoms with Crippen molar-refractivity contribution in [2.45, 2.75) is 11.1 Å². The molecule has 1 fully saturated rings. The van der Waals surface area contributed by atoms with Crippen molar-refractivity contribution in [3.05, 3.63) is 36.4 Å². The largest absolute Gasteiger partial charge is 0.497 e. The van der Waals surface area contributed by atoms with Crippen LogP contribution in [0.1, 0.15) is 0 Å². The molecule has 2 heterocycles. The first-order chi connectivity index (χ1) is 9.08. The molecule has 1 amide bonds. The number of alkyl halides is 1. The maximum atomic E-state index is 11.9. The van der Waals surface area contributed by atoms with Gasteiger partial charge in [0.25, 0.3) is 5.91 Å². The summed E-state index contributed by atoms with van der Waals surface area (Å²) in [6.07, 6.45) is 2.79. The number of carbonyl (C=O) groups is 2. The van der Waals surface area contributed by atoms with E-state index in [1.165, 1.54) is 17.1 Å². The number of benzene rings is 1. The zero-order valence-electron chi connectivity index (χ0n) is 10.00. The van der Waals surface area contributed by atoms with Crippen molar-refractivity contribution >= 4 is 29.2 Å². The number of hydrogen-bond donors (Lipinski definition) is 0. The molecule has 0 bridgehead atoms. The molecule has 6 heteroatoms. The minimum atomic E-state index is -1.19. The molecular weight excluding hydrogens is 270 g/mol. The second-order valence-electron chi connectivity index (χ2n) is 4.24. The number of methoxy groups -OCH3 is 1. The van der Waals surface area contributed by atoms with E-state index in [0.717, 1.165) is 0 Å². The molecule has 2 atom stereocenters. The van der Waals surface area contributed by atoms with Crippen LogP contribution in [0.4, 0.5) is 5.69 Å². The van der Waals surface area contributed by atoms with Gasteiger partial charge in [-0.1, -0.05) is 0 Å². The first-order valence-electron chi connectivity index (χ1n) is 5.63. The number of anilines is 1. The van der Waals surface area contributed by atoms with Crippen LogP contribution in [0.3, 0.4) is 0 Å². The number of amides is 1. The first-order valence-corrected chi connectivity index (χ1v) is 6.06. The fraction of sp³-hybridized carbons (Fsp3) is 0.231. The van der Waals surface area contributed by atoms with Gasteiger partial charge in [-0.15, -0.1) is 11.6 Å². The third kappa shape index (κ3) is 1.55. The maximum absolute atomic E-state index is 11.9. The zero-order chi connectivity index (χ0) is 13.6. The fourth-order valence-corrected chi connectivity index (χ4v) is 2.56. The molecule has 98 valence electrons. The molecule has 0 aliphatic carbocycles. The molecule has 5 nitrogen and oxygen atoms in total. The van der Waals surface area contributed by atoms with Crippen LogP contribution in [-0.2, 0) is 14.3 Å². The van der Waals surface area contributed by atoms with E-state index in [1.54, 1.807) is 31.4 Å². The molecular formula is C13H10ClNO4. The molecule has 0 aromatic heterocycles. The van der Waals surface area contributed by atoms with Crippen LogP contribution < -0.4 is 9.64 Å². The third-order valence-corrected chi connectivity index (χ3v) is 3.70. The second-order valence-corrected chi connectivity index (χ2v) is 4.68. The number of halogens is 1. The number of carbonyl (C=O) groups excluding carboxylic acids is 2. The molecule has 0 radical (unpaired) electrons. The van der Waals surface area contributed by atoms with Crippen molar-refractivity contribution in [1.29, 1.82) is 0 Å². The highest BCUT2D eigenvalue weighted by Gasteiger charge is 2.63. The molecule has 3 rings (SSSR count). The molecule has 0 saturated carbocycles. The minimum absolute atomic E-state index is 0.300. The Bertz CT molecular complexity index is 583. The Morgan fingerprint density at radius 3 is 2.53 bits per heavy atom. The SMILES string of the molecule is COc1ccc(N2C(=O)[C@H](Cl)[C@]23C=CC(=O)O3)cc1. The van der Waals surface area contributed by atoms with E-state index in [4.69, 9.17) is 21.1 Å². The number of esters is 1. The first kappa shape index (κ1) is 12.0. The van der Waals surface area contributed by atoms with Gasteiger partial charge in [0.1, 0.15) is 5.75 Å². The lowest BCUT2D eigenvalue weighted by molar-refractivity contribution is -0.156. The van der Waals surface area contributed by atoms with Gasteiger partial charge in [0, 0.05) is 11.8 Å². The molecule has 1 aromatic carbocycles. The van der Waals surface area contributed by atoms with Crippen molar-refractivity contribution < 1.29 is 19.1 Å². The number of β-lactam (4-membered cyclic amide) rings is 1. The van der Waals surface area contributed by atoms with E-state index in [0.29, 0.717) is 11.4 Å². The Morgan fingerprint density at radius 1 is 1.32 bits per heavy atom. The summed E-state index contributed by atoms with van der Waals surface area (Å²) in [6, 6.07) is 6.86. The van der Waals surface area contributed by atoms with E-state index in [1.807, 2.05) is 0 Å². The Morgan fingerprint density at radius 2 is 2.00 bits per heavy atom. The number of rotatable bonds is 2. The van der Waals surface area contributed by atoms with Crippen molar-refractivity contribution in [2.24, 2.45) is 0 Å². The van der Waals surface area contributed by atoms with Crippen LogP contribution in [0, 0.1) is 0 Å². The Hall–Kier alpha value is -2.01. The van der Waals surface area contributed by atoms with Gasteiger partial charge in [-0.05, 0) is 30.3 Å². The van der Waals surface area contributed by atoms with Gasteiger partial charge in [0.05, 0.1) is 7.11 Å². The van der Waals surface area contributed by atoms with E-state index >= 15 is 0 Å². The van der Waals surface area contributed by atoms with Crippen LogP contribution >= 0.6 is 11.6 Å². The van der Waals surface area contributed by atoms with Crippen LogP contribution in [0.5, 0.6) is 5.75 Å². The smallest absolute Gasteiger partial charge is 0.333 e. The van der Waals surface area contributed by atoms with Crippen molar-refractivity contribution in [1.82, 2.24) is 0 Å². The van der Waals surface area contributed by atoms with Gasteiger partial charge >= 0.3 is 5.97 Å². The van der Waals surface area contributed by atoms with Crippen molar-refractivity contribution in [2.75, 3.05) is 12.0 Å². The van der Waals surface area contributed by atoms with Crippen LogP contribution in [0.2, 0.25) is 0 Å². The quantitative estimate of drug-likeness (QED) is 0.467. The average Bonchev–Trinajstić information content (AvgIpc) is 2.84. The van der Waals surface area contributed by atoms with Crippen LogP contribution in [0.15, 0.2) is 36.4 Å². The summed E-state index contributed by atoms with van der Waals surface area (Å²) in [5, 5.41) is -0.891. The number of hydrogen-bond acceptors (Lipinski definition) is 4. The number of ether oxygens (including phenoxy) is 2. The second kappa shape index (κ2) is 3.99. The molecule has 0 unspecified atom stereocenters. The summed E-state index contributed by atoms with van der Waals surface area (Å²) >= 11 is 5.99. The van der Waals surface area contributed by atoms with Gasteiger partial charge in [0.2, 0.25) is 5.72 Å². The Kier molecular flexibility index (Phi) is 2.53. The topological polar surface area (TPSA) is 55.8 Å². The van der Waals surface area contributed by atoms with E-state index in [-0.39, 0.29) is 5.91 Å². The molecule has 0 N–H and O–H groups in total. The zero-order valence-corrected chi connectivity index (χ0v) is 10.8. The van der Waals surface area contributed by atoms with Gasteiger partial charge in [-0.2, -0.15) is 0 Å². The fourth-order valence-electron chi connectivity index (χ4n) is 2.24. The average molecular weight is 280 g/mol. The van der Waals surface area contributed by atoms with Gasteiger partial charge in [-0.25, -0.2) is 4.79 Å². The van der Waals surface area contributed by atoms with E-state index in [2.05, 4.69) is 0 Å². The molecule has 2 aliphatic rings. The van der Waals surface area contributed by atoms with E-state index < -0.39 is 17.1 Å². The minimum Gasteiger partial charge on any atom is -0.497 e. The van der Waals surface area contributed by atoms with Gasteiger partial charge in [0.15, 0.2) is 5.38 Å². The van der Waals surface area contributed by atoms with Crippen molar-refractivity contribution in [3.8, 4) is 5.75 Å². The lowest BCUT2D eigenvalue weighted by atomic mass is 9.95. The molecule has 1 aromatic rings. The van der Waals surface area contributed by atoms with Crippen LogP contribution in [-0.4, -0.2) is 30.1 Å². The molecule has 2 aliphatic heterocycles. The number of nitrogens with zero attached hydrogens (tertiary/aromatic N) is 1. The predicted octanol–water partition coefficient (Wildman–Crippen LogP) is 1.46. The summed E-state index contributed by atoms with van der Waals surface area (Å²) in [4.78, 5) is 24.5. The summed E-state index contributed by atoms with van der Waals surface area (Å²) in [6.45, 7) is 0.